The number of allylic oxidation sites excluding steroid dienone is 4. The van der Waals surface area contributed by atoms with E-state index < -0.39 is 67.3 Å². The molecule has 1 aliphatic heterocycles. The molecular formula is C73H134O12. The van der Waals surface area contributed by atoms with Gasteiger partial charge in [-0.1, -0.05) is 321 Å². The predicted molar refractivity (Wildman–Crippen MR) is 350 cm³/mol. The molecule has 0 aromatic rings. The Balaban J connectivity index is 2.60. The number of aliphatic hydroxyl groups excluding tert-OH is 2. The number of esters is 3. The molecule has 0 aromatic carbocycles. The highest BCUT2D eigenvalue weighted by Gasteiger charge is 2.50. The monoisotopic (exact) mass is 1200 g/mol. The van der Waals surface area contributed by atoms with Crippen molar-refractivity contribution in [3.8, 4) is 0 Å². The van der Waals surface area contributed by atoms with Gasteiger partial charge in [0.1, 0.15) is 18.8 Å². The van der Waals surface area contributed by atoms with Crippen LogP contribution in [0.15, 0.2) is 24.3 Å². The number of carboxylic acids is 1. The summed E-state index contributed by atoms with van der Waals surface area (Å²) in [5, 5.41) is 31.7. The third-order valence-electron chi connectivity index (χ3n) is 17.0. The minimum atomic E-state index is -1.90. The van der Waals surface area contributed by atoms with E-state index in [4.69, 9.17) is 23.7 Å². The molecule has 0 bridgehead atoms. The second-order valence-corrected chi connectivity index (χ2v) is 25.2. The van der Waals surface area contributed by atoms with Crippen LogP contribution in [-0.2, 0) is 42.9 Å². The van der Waals surface area contributed by atoms with Crippen molar-refractivity contribution >= 4 is 23.9 Å². The fraction of sp³-hybridized carbons (Fsp3) is 0.890. The molecule has 0 amide bonds. The fourth-order valence-electron chi connectivity index (χ4n) is 11.5. The Labute approximate surface area is 521 Å². The van der Waals surface area contributed by atoms with Gasteiger partial charge in [0.2, 0.25) is 0 Å². The van der Waals surface area contributed by atoms with Crippen LogP contribution < -0.4 is 0 Å². The maximum Gasteiger partial charge on any atom is 0.335 e. The van der Waals surface area contributed by atoms with Crippen molar-refractivity contribution in [1.82, 2.24) is 0 Å². The number of carbonyl (C=O) groups is 4. The second-order valence-electron chi connectivity index (χ2n) is 25.2. The Kier molecular flexibility index (Phi) is 58.0. The van der Waals surface area contributed by atoms with E-state index in [1.807, 2.05) is 0 Å². The zero-order valence-corrected chi connectivity index (χ0v) is 55.4. The SMILES string of the molecule is CCCCC/C=C\C/C=C\CCCCCCCCCC(=O)OC(COC(=O)CCCCCCCCCCCCCCCCCCCCC)COC1OC(C(=O)O)C(O)C(O)C1OC(=O)CCCCCCCCCCCCCCCCCCCCC. The van der Waals surface area contributed by atoms with Gasteiger partial charge < -0.3 is 39.0 Å². The van der Waals surface area contributed by atoms with Crippen molar-refractivity contribution < 1.29 is 58.2 Å². The van der Waals surface area contributed by atoms with Gasteiger partial charge in [0.25, 0.3) is 0 Å². The maximum atomic E-state index is 13.2. The summed E-state index contributed by atoms with van der Waals surface area (Å²) in [6.07, 6.45) is 61.3. The maximum absolute atomic E-state index is 13.2. The van der Waals surface area contributed by atoms with Gasteiger partial charge in [-0.25, -0.2) is 4.79 Å². The van der Waals surface area contributed by atoms with Crippen molar-refractivity contribution in [1.29, 1.82) is 0 Å². The summed E-state index contributed by atoms with van der Waals surface area (Å²) in [6, 6.07) is 0. The lowest BCUT2D eigenvalue weighted by atomic mass is 9.98. The van der Waals surface area contributed by atoms with Crippen LogP contribution in [0.3, 0.4) is 0 Å². The van der Waals surface area contributed by atoms with Crippen molar-refractivity contribution in [2.24, 2.45) is 0 Å². The fourth-order valence-corrected chi connectivity index (χ4v) is 11.5. The summed E-state index contributed by atoms with van der Waals surface area (Å²) < 4.78 is 28.7. The van der Waals surface area contributed by atoms with Crippen LogP contribution in [0.2, 0.25) is 0 Å². The molecule has 12 heteroatoms. The number of hydrogen-bond acceptors (Lipinski definition) is 11. The normalized spacial score (nSPS) is 17.5. The lowest BCUT2D eigenvalue weighted by Crippen LogP contribution is -2.61. The van der Waals surface area contributed by atoms with Crippen LogP contribution >= 0.6 is 0 Å². The van der Waals surface area contributed by atoms with Crippen molar-refractivity contribution in [2.45, 2.75) is 404 Å². The topological polar surface area (TPSA) is 175 Å². The Hall–Kier alpha value is -2.80. The molecule has 1 aliphatic rings. The first-order chi connectivity index (χ1) is 41.6. The molecule has 6 atom stereocenters. The lowest BCUT2D eigenvalue weighted by Gasteiger charge is -2.40. The molecule has 0 spiro atoms. The van der Waals surface area contributed by atoms with Gasteiger partial charge >= 0.3 is 23.9 Å². The predicted octanol–water partition coefficient (Wildman–Crippen LogP) is 20.1. The van der Waals surface area contributed by atoms with Gasteiger partial charge in [-0.3, -0.25) is 14.4 Å². The van der Waals surface area contributed by atoms with Crippen molar-refractivity contribution in [3.05, 3.63) is 24.3 Å². The molecule has 12 nitrogen and oxygen atoms in total. The lowest BCUT2D eigenvalue weighted by molar-refractivity contribution is -0.301. The van der Waals surface area contributed by atoms with Crippen LogP contribution in [0.1, 0.15) is 367 Å². The molecule has 1 rings (SSSR count). The molecule has 85 heavy (non-hydrogen) atoms. The quantitative estimate of drug-likeness (QED) is 0.0228. The van der Waals surface area contributed by atoms with Crippen molar-refractivity contribution in [3.63, 3.8) is 0 Å². The Bertz CT molecular complexity index is 1570. The molecule has 1 heterocycles. The zero-order chi connectivity index (χ0) is 61.7. The van der Waals surface area contributed by atoms with Gasteiger partial charge in [0, 0.05) is 19.3 Å². The number of aliphatic carboxylic acids is 1. The van der Waals surface area contributed by atoms with E-state index >= 15 is 0 Å². The molecule has 1 saturated heterocycles. The van der Waals surface area contributed by atoms with Gasteiger partial charge in [0.05, 0.1) is 6.61 Å². The summed E-state index contributed by atoms with van der Waals surface area (Å²) >= 11 is 0. The highest BCUT2D eigenvalue weighted by molar-refractivity contribution is 5.74. The number of hydrogen-bond donors (Lipinski definition) is 3. The van der Waals surface area contributed by atoms with Crippen LogP contribution in [0.4, 0.5) is 0 Å². The van der Waals surface area contributed by atoms with Crippen molar-refractivity contribution in [2.75, 3.05) is 13.2 Å². The molecular weight excluding hydrogens is 1070 g/mol. The van der Waals surface area contributed by atoms with E-state index in [2.05, 4.69) is 45.1 Å². The smallest absolute Gasteiger partial charge is 0.335 e. The summed E-state index contributed by atoms with van der Waals surface area (Å²) in [7, 11) is 0. The molecule has 0 aliphatic carbocycles. The average Bonchev–Trinajstić information content (AvgIpc) is 3.53. The highest BCUT2D eigenvalue weighted by Crippen LogP contribution is 2.27. The largest absolute Gasteiger partial charge is 0.479 e. The van der Waals surface area contributed by atoms with Crippen LogP contribution in [0.5, 0.6) is 0 Å². The Morgan fingerprint density at radius 2 is 0.706 bits per heavy atom. The minimum Gasteiger partial charge on any atom is -0.479 e. The molecule has 1 fully saturated rings. The van der Waals surface area contributed by atoms with Crippen LogP contribution in [0, 0.1) is 0 Å². The van der Waals surface area contributed by atoms with Crippen LogP contribution in [0.25, 0.3) is 0 Å². The first kappa shape index (κ1) is 80.2. The molecule has 0 aromatic heterocycles. The van der Waals surface area contributed by atoms with E-state index in [1.165, 1.54) is 231 Å². The first-order valence-corrected chi connectivity index (χ1v) is 36.3. The molecule has 0 radical (unpaired) electrons. The highest BCUT2D eigenvalue weighted by atomic mass is 16.7. The van der Waals surface area contributed by atoms with Crippen LogP contribution in [-0.4, -0.2) is 89.2 Å². The third kappa shape index (κ3) is 50.7. The number of aliphatic hydroxyl groups is 2. The standard InChI is InChI=1S/C73H134O12/c1-4-7-10-13-16-19-22-25-28-31-33-36-38-41-44-47-50-53-56-59-65(74)81-62-64(83-66(75)60-57-54-51-48-45-42-39-35-30-27-24-21-18-15-12-9-6-3)63-82-73-71(69(78)68(77)70(85-73)72(79)80)84-67(76)61-58-55-52-49-46-43-40-37-34-32-29-26-23-20-17-14-11-8-5-2/h18,21,27,30,64,68-71,73,77-78H,4-17,19-20,22-26,28-29,31-63H2,1-3H3,(H,79,80)/b21-18-,30-27-. The van der Waals surface area contributed by atoms with E-state index in [0.717, 1.165) is 77.0 Å². The molecule has 498 valence electrons. The zero-order valence-electron chi connectivity index (χ0n) is 55.4. The number of rotatable bonds is 64. The van der Waals surface area contributed by atoms with E-state index in [0.29, 0.717) is 19.3 Å². The summed E-state index contributed by atoms with van der Waals surface area (Å²) in [5.74, 6) is -3.08. The van der Waals surface area contributed by atoms with E-state index in [9.17, 15) is 34.5 Å². The average molecular weight is 1200 g/mol. The molecule has 0 saturated carbocycles. The van der Waals surface area contributed by atoms with E-state index in [1.54, 1.807) is 0 Å². The number of unbranched alkanes of at least 4 members (excludes halogenated alkanes) is 46. The number of carbonyl (C=O) groups excluding carboxylic acids is 3. The summed E-state index contributed by atoms with van der Waals surface area (Å²) in [5.41, 5.74) is 0. The molecule has 3 N–H and O–H groups in total. The Morgan fingerprint density at radius 1 is 0.388 bits per heavy atom. The second kappa shape index (κ2) is 61.4. The molecule has 6 unspecified atom stereocenters. The Morgan fingerprint density at radius 3 is 1.08 bits per heavy atom. The van der Waals surface area contributed by atoms with Gasteiger partial charge in [0.15, 0.2) is 24.6 Å². The summed E-state index contributed by atoms with van der Waals surface area (Å²) in [6.45, 7) is 6.05. The summed E-state index contributed by atoms with van der Waals surface area (Å²) in [4.78, 5) is 51.5. The minimum absolute atomic E-state index is 0.0676. The van der Waals surface area contributed by atoms with E-state index in [-0.39, 0.29) is 25.9 Å². The van der Waals surface area contributed by atoms with Gasteiger partial charge in [-0.15, -0.1) is 0 Å². The third-order valence-corrected chi connectivity index (χ3v) is 17.0. The van der Waals surface area contributed by atoms with Gasteiger partial charge in [-0.05, 0) is 51.4 Å². The number of ether oxygens (including phenoxy) is 5. The first-order valence-electron chi connectivity index (χ1n) is 36.3. The number of carboxylic acid groups (broad SMARTS) is 1. The van der Waals surface area contributed by atoms with Gasteiger partial charge in [-0.2, -0.15) is 0 Å².